The highest BCUT2D eigenvalue weighted by Crippen LogP contribution is 2.25. The summed E-state index contributed by atoms with van der Waals surface area (Å²) in [6.45, 7) is 3.23. The third-order valence-electron chi connectivity index (χ3n) is 3.35. The molecule has 6 nitrogen and oxygen atoms in total. The third kappa shape index (κ3) is 2.65. The summed E-state index contributed by atoms with van der Waals surface area (Å²) >= 11 is 0. The van der Waals surface area contributed by atoms with Gasteiger partial charge in [0, 0.05) is 24.7 Å². The Bertz CT molecular complexity index is 483. The van der Waals surface area contributed by atoms with Crippen LogP contribution in [-0.4, -0.2) is 39.5 Å². The van der Waals surface area contributed by atoms with Crippen molar-refractivity contribution in [2.75, 3.05) is 13.1 Å². The topological polar surface area (TPSA) is 89.2 Å². The Morgan fingerprint density at radius 3 is 2.59 bits per heavy atom. The SMILES string of the molecule is CC(O)N1CCC(c2cc(=O)[nH][nH]c2=O)CC1. The molecule has 0 spiro atoms. The van der Waals surface area contributed by atoms with Gasteiger partial charge < -0.3 is 5.11 Å². The minimum atomic E-state index is -0.451. The maximum Gasteiger partial charge on any atom is 0.266 e. The van der Waals surface area contributed by atoms with E-state index < -0.39 is 6.23 Å². The molecule has 0 saturated carbocycles. The minimum Gasteiger partial charge on any atom is -0.379 e. The first-order valence-corrected chi connectivity index (χ1v) is 5.82. The predicted octanol–water partition coefficient (Wildman–Crippen LogP) is -0.419. The van der Waals surface area contributed by atoms with E-state index in [1.165, 1.54) is 6.07 Å². The molecule has 0 radical (unpaired) electrons. The number of H-pyrrole nitrogens is 2. The molecule has 0 aromatic carbocycles. The number of aliphatic hydroxyl groups is 1. The minimum absolute atomic E-state index is 0.107. The molecule has 1 aromatic heterocycles. The van der Waals surface area contributed by atoms with Gasteiger partial charge in [0.1, 0.15) is 6.23 Å². The van der Waals surface area contributed by atoms with Crippen molar-refractivity contribution in [1.29, 1.82) is 0 Å². The molecular formula is C11H17N3O3. The van der Waals surface area contributed by atoms with E-state index in [0.29, 0.717) is 5.56 Å². The fourth-order valence-electron chi connectivity index (χ4n) is 2.32. The second-order valence-corrected chi connectivity index (χ2v) is 4.49. The average molecular weight is 239 g/mol. The molecule has 3 N–H and O–H groups in total. The first-order chi connectivity index (χ1) is 8.08. The van der Waals surface area contributed by atoms with Gasteiger partial charge in [-0.15, -0.1) is 0 Å². The van der Waals surface area contributed by atoms with Gasteiger partial charge in [0.2, 0.25) is 0 Å². The van der Waals surface area contributed by atoms with Gasteiger partial charge in [-0.1, -0.05) is 0 Å². The van der Waals surface area contributed by atoms with E-state index >= 15 is 0 Å². The maximum absolute atomic E-state index is 11.6. The Morgan fingerprint density at radius 1 is 1.35 bits per heavy atom. The van der Waals surface area contributed by atoms with E-state index in [1.54, 1.807) is 6.92 Å². The van der Waals surface area contributed by atoms with Gasteiger partial charge in [-0.25, -0.2) is 0 Å². The molecule has 6 heteroatoms. The lowest BCUT2D eigenvalue weighted by Gasteiger charge is -2.33. The van der Waals surface area contributed by atoms with Crippen LogP contribution in [0, 0.1) is 0 Å². The fraction of sp³-hybridized carbons (Fsp3) is 0.636. The van der Waals surface area contributed by atoms with Crippen molar-refractivity contribution >= 4 is 0 Å². The van der Waals surface area contributed by atoms with E-state index in [4.69, 9.17) is 0 Å². The first kappa shape index (κ1) is 12.1. The zero-order chi connectivity index (χ0) is 12.4. The molecule has 1 fully saturated rings. The summed E-state index contributed by atoms with van der Waals surface area (Å²) in [5.74, 6) is 0.107. The molecule has 94 valence electrons. The van der Waals surface area contributed by atoms with Gasteiger partial charge >= 0.3 is 0 Å². The Labute approximate surface area is 98.3 Å². The van der Waals surface area contributed by atoms with E-state index in [2.05, 4.69) is 10.2 Å². The number of likely N-dealkylation sites (tertiary alicyclic amines) is 1. The highest BCUT2D eigenvalue weighted by atomic mass is 16.3. The molecule has 2 rings (SSSR count). The van der Waals surface area contributed by atoms with E-state index in [0.717, 1.165) is 25.9 Å². The number of rotatable bonds is 2. The molecule has 1 atom stereocenters. The Hall–Kier alpha value is -1.40. The van der Waals surface area contributed by atoms with Crippen molar-refractivity contribution < 1.29 is 5.11 Å². The second kappa shape index (κ2) is 4.85. The molecule has 1 aromatic rings. The molecule has 2 heterocycles. The summed E-state index contributed by atoms with van der Waals surface area (Å²) in [4.78, 5) is 24.7. The summed E-state index contributed by atoms with van der Waals surface area (Å²) < 4.78 is 0. The second-order valence-electron chi connectivity index (χ2n) is 4.49. The number of nitrogens with one attached hydrogen (secondary N) is 2. The van der Waals surface area contributed by atoms with Crippen LogP contribution < -0.4 is 11.1 Å². The number of nitrogens with zero attached hydrogens (tertiary/aromatic N) is 1. The van der Waals surface area contributed by atoms with E-state index in [9.17, 15) is 14.7 Å². The average Bonchev–Trinajstić information content (AvgIpc) is 2.32. The van der Waals surface area contributed by atoms with Crippen molar-refractivity contribution in [3.63, 3.8) is 0 Å². The number of aromatic nitrogens is 2. The van der Waals surface area contributed by atoms with E-state index in [1.807, 2.05) is 4.90 Å². The molecular weight excluding hydrogens is 222 g/mol. The highest BCUT2D eigenvalue weighted by Gasteiger charge is 2.24. The first-order valence-electron chi connectivity index (χ1n) is 5.82. The van der Waals surface area contributed by atoms with Crippen molar-refractivity contribution in [1.82, 2.24) is 15.1 Å². The lowest BCUT2D eigenvalue weighted by atomic mass is 9.90. The van der Waals surface area contributed by atoms with Crippen LogP contribution in [-0.2, 0) is 0 Å². The summed E-state index contributed by atoms with van der Waals surface area (Å²) in [5, 5.41) is 14.0. The largest absolute Gasteiger partial charge is 0.379 e. The number of aliphatic hydroxyl groups excluding tert-OH is 1. The smallest absolute Gasteiger partial charge is 0.266 e. The summed E-state index contributed by atoms with van der Waals surface area (Å²) in [6.07, 6.45) is 1.13. The Kier molecular flexibility index (Phi) is 3.44. The van der Waals surface area contributed by atoms with Gasteiger partial charge in [0.05, 0.1) is 0 Å². The molecule has 1 saturated heterocycles. The third-order valence-corrected chi connectivity index (χ3v) is 3.35. The van der Waals surface area contributed by atoms with Gasteiger partial charge in [-0.2, -0.15) is 0 Å². The molecule has 17 heavy (non-hydrogen) atoms. The predicted molar refractivity (Wildman–Crippen MR) is 62.9 cm³/mol. The molecule has 0 amide bonds. The molecule has 0 bridgehead atoms. The van der Waals surface area contributed by atoms with Crippen LogP contribution in [0.25, 0.3) is 0 Å². The summed E-state index contributed by atoms with van der Waals surface area (Å²) in [5.41, 5.74) is 0.0524. The highest BCUT2D eigenvalue weighted by molar-refractivity contribution is 5.13. The summed E-state index contributed by atoms with van der Waals surface area (Å²) in [7, 11) is 0. The molecule has 1 unspecified atom stereocenters. The fourth-order valence-corrected chi connectivity index (χ4v) is 2.32. The zero-order valence-corrected chi connectivity index (χ0v) is 9.77. The summed E-state index contributed by atoms with van der Waals surface area (Å²) in [6, 6.07) is 1.38. The van der Waals surface area contributed by atoms with Crippen LogP contribution in [0.15, 0.2) is 15.7 Å². The lowest BCUT2D eigenvalue weighted by Crippen LogP contribution is -2.40. The van der Waals surface area contributed by atoms with Crippen molar-refractivity contribution in [2.45, 2.75) is 31.9 Å². The van der Waals surface area contributed by atoms with Crippen LogP contribution in [0.5, 0.6) is 0 Å². The van der Waals surface area contributed by atoms with Crippen LogP contribution >= 0.6 is 0 Å². The van der Waals surface area contributed by atoms with Crippen molar-refractivity contribution in [3.8, 4) is 0 Å². The molecule has 1 aliphatic heterocycles. The van der Waals surface area contributed by atoms with Gasteiger partial charge in [0.15, 0.2) is 0 Å². The van der Waals surface area contributed by atoms with E-state index in [-0.39, 0.29) is 17.0 Å². The van der Waals surface area contributed by atoms with Gasteiger partial charge in [-0.05, 0) is 25.7 Å². The number of aromatic amines is 2. The number of hydrogen-bond acceptors (Lipinski definition) is 4. The maximum atomic E-state index is 11.6. The normalized spacial score (nSPS) is 20.4. The molecule has 1 aliphatic rings. The monoisotopic (exact) mass is 239 g/mol. The van der Waals surface area contributed by atoms with Crippen LogP contribution in [0.2, 0.25) is 0 Å². The quantitative estimate of drug-likeness (QED) is 0.654. The Balaban J connectivity index is 2.13. The van der Waals surface area contributed by atoms with Crippen LogP contribution in [0.4, 0.5) is 0 Å². The number of hydrogen-bond donors (Lipinski definition) is 3. The zero-order valence-electron chi connectivity index (χ0n) is 9.77. The van der Waals surface area contributed by atoms with Crippen LogP contribution in [0.1, 0.15) is 31.2 Å². The Morgan fingerprint density at radius 2 is 2.00 bits per heavy atom. The molecule has 0 aliphatic carbocycles. The van der Waals surface area contributed by atoms with Crippen molar-refractivity contribution in [3.05, 3.63) is 32.3 Å². The van der Waals surface area contributed by atoms with Crippen LogP contribution in [0.3, 0.4) is 0 Å². The van der Waals surface area contributed by atoms with Crippen molar-refractivity contribution in [2.24, 2.45) is 0 Å². The number of piperidine rings is 1. The van der Waals surface area contributed by atoms with Gasteiger partial charge in [0.25, 0.3) is 11.1 Å². The standard InChI is InChI=1S/C11H17N3O3/c1-7(15)14-4-2-8(3-5-14)9-6-10(16)12-13-11(9)17/h6-8,15H,2-5H2,1H3,(H,12,16)(H,13,17). The lowest BCUT2D eigenvalue weighted by molar-refractivity contribution is 0.00296. The van der Waals surface area contributed by atoms with Gasteiger partial charge in [-0.3, -0.25) is 24.7 Å².